The number of carbonyl (C=O) groups excluding carboxylic acids is 1. The van der Waals surface area contributed by atoms with Gasteiger partial charge in [0.15, 0.2) is 0 Å². The van der Waals surface area contributed by atoms with Gasteiger partial charge >= 0.3 is 0 Å². The molecule has 0 saturated carbocycles. The number of aromatic nitrogens is 3. The lowest BCUT2D eigenvalue weighted by atomic mass is 9.96. The molecule has 1 amide bonds. The molecule has 20 heavy (non-hydrogen) atoms. The highest BCUT2D eigenvalue weighted by molar-refractivity contribution is 6.01. The summed E-state index contributed by atoms with van der Waals surface area (Å²) in [5.41, 5.74) is 1.00. The number of aliphatic hydroxyl groups excluding tert-OH is 1. The van der Waals surface area contributed by atoms with E-state index in [0.717, 1.165) is 0 Å². The molecule has 0 aliphatic carbocycles. The number of hydrogen-bond donors (Lipinski definition) is 3. The van der Waals surface area contributed by atoms with Gasteiger partial charge in [0.2, 0.25) is 5.82 Å². The Bertz CT molecular complexity index is 614. The normalized spacial score (nSPS) is 11.4. The van der Waals surface area contributed by atoms with Crippen molar-refractivity contribution in [3.05, 3.63) is 41.5 Å². The lowest BCUT2D eigenvalue weighted by Gasteiger charge is -2.12. The topological polar surface area (TPSA) is 90.9 Å². The highest BCUT2D eigenvalue weighted by Gasteiger charge is 2.21. The van der Waals surface area contributed by atoms with Crippen LogP contribution in [0.3, 0.4) is 0 Å². The van der Waals surface area contributed by atoms with Crippen molar-refractivity contribution < 1.29 is 9.90 Å². The minimum Gasteiger partial charge on any atom is -0.392 e. The lowest BCUT2D eigenvalue weighted by molar-refractivity contribution is 0.101. The highest BCUT2D eigenvalue weighted by Crippen LogP contribution is 2.18. The van der Waals surface area contributed by atoms with Crippen molar-refractivity contribution >= 4 is 11.6 Å². The van der Waals surface area contributed by atoms with Crippen LogP contribution in [-0.2, 0) is 12.0 Å². The van der Waals surface area contributed by atoms with E-state index in [0.29, 0.717) is 17.1 Å². The van der Waals surface area contributed by atoms with E-state index in [4.69, 9.17) is 0 Å². The fraction of sp³-hybridized carbons (Fsp3) is 0.357. The van der Waals surface area contributed by atoms with Gasteiger partial charge in [-0.2, -0.15) is 0 Å². The van der Waals surface area contributed by atoms with Crippen LogP contribution in [0.15, 0.2) is 24.3 Å². The summed E-state index contributed by atoms with van der Waals surface area (Å²) < 4.78 is 0. The average molecular weight is 274 g/mol. The van der Waals surface area contributed by atoms with Crippen LogP contribution in [0.25, 0.3) is 0 Å². The molecule has 0 radical (unpaired) electrons. The maximum Gasteiger partial charge on any atom is 0.295 e. The number of anilines is 1. The fourth-order valence-electron chi connectivity index (χ4n) is 1.66. The molecule has 0 atom stereocenters. The number of carbonyl (C=O) groups is 1. The van der Waals surface area contributed by atoms with E-state index in [-0.39, 0.29) is 17.8 Å². The second kappa shape index (κ2) is 5.42. The van der Waals surface area contributed by atoms with E-state index in [1.165, 1.54) is 0 Å². The number of hydrogen-bond acceptors (Lipinski definition) is 4. The molecule has 6 heteroatoms. The Morgan fingerprint density at radius 1 is 1.35 bits per heavy atom. The van der Waals surface area contributed by atoms with Crippen LogP contribution in [0.5, 0.6) is 0 Å². The van der Waals surface area contributed by atoms with Crippen molar-refractivity contribution in [2.24, 2.45) is 0 Å². The van der Waals surface area contributed by atoms with E-state index in [1.54, 1.807) is 24.3 Å². The van der Waals surface area contributed by atoms with Gasteiger partial charge in [0.05, 0.1) is 6.61 Å². The molecule has 1 aromatic heterocycles. The number of amides is 1. The number of nitrogens with one attached hydrogen (secondary N) is 2. The van der Waals surface area contributed by atoms with Crippen LogP contribution in [0.4, 0.5) is 5.69 Å². The summed E-state index contributed by atoms with van der Waals surface area (Å²) in [6.45, 7) is 5.81. The number of benzene rings is 1. The van der Waals surface area contributed by atoms with Gasteiger partial charge in [-0.1, -0.05) is 39.0 Å². The third kappa shape index (κ3) is 3.03. The van der Waals surface area contributed by atoms with Crippen LogP contribution >= 0.6 is 0 Å². The van der Waals surface area contributed by atoms with Crippen LogP contribution in [0.1, 0.15) is 42.8 Å². The number of rotatable bonds is 3. The smallest absolute Gasteiger partial charge is 0.295 e. The molecule has 0 unspecified atom stereocenters. The van der Waals surface area contributed by atoms with Crippen LogP contribution in [-0.4, -0.2) is 26.2 Å². The standard InChI is InChI=1S/C14H18N4O2/c1-14(2,3)13-16-11(17-18-13)12(20)15-10-7-5-4-6-9(10)8-19/h4-7,19H,8H2,1-3H3,(H,15,20)(H,16,17,18). The van der Waals surface area contributed by atoms with Crippen LogP contribution < -0.4 is 5.32 Å². The molecular weight excluding hydrogens is 256 g/mol. The predicted octanol–water partition coefficient (Wildman–Crippen LogP) is 1.85. The van der Waals surface area contributed by atoms with E-state index < -0.39 is 5.91 Å². The Kier molecular flexibility index (Phi) is 3.85. The zero-order chi connectivity index (χ0) is 14.8. The molecule has 3 N–H and O–H groups in total. The van der Waals surface area contributed by atoms with E-state index in [1.807, 2.05) is 20.8 Å². The third-order valence-corrected chi connectivity index (χ3v) is 2.83. The summed E-state index contributed by atoms with van der Waals surface area (Å²) in [6, 6.07) is 7.05. The molecule has 0 aliphatic rings. The number of aliphatic hydroxyl groups is 1. The highest BCUT2D eigenvalue weighted by atomic mass is 16.3. The molecule has 0 fully saturated rings. The Labute approximate surface area is 117 Å². The quantitative estimate of drug-likeness (QED) is 0.796. The molecule has 0 saturated heterocycles. The lowest BCUT2D eigenvalue weighted by Crippen LogP contribution is -2.16. The molecule has 1 heterocycles. The van der Waals surface area contributed by atoms with Crippen molar-refractivity contribution in [2.45, 2.75) is 32.8 Å². The van der Waals surface area contributed by atoms with Gasteiger partial charge in [0.1, 0.15) is 5.82 Å². The van der Waals surface area contributed by atoms with Gasteiger partial charge < -0.3 is 10.4 Å². The number of aromatic amines is 1. The molecule has 0 bridgehead atoms. The predicted molar refractivity (Wildman–Crippen MR) is 75.4 cm³/mol. The van der Waals surface area contributed by atoms with E-state index >= 15 is 0 Å². The van der Waals surface area contributed by atoms with Crippen LogP contribution in [0.2, 0.25) is 0 Å². The SMILES string of the molecule is CC(C)(C)c1nc(C(=O)Nc2ccccc2CO)n[nH]1. The average Bonchev–Trinajstić information content (AvgIpc) is 2.89. The third-order valence-electron chi connectivity index (χ3n) is 2.83. The van der Waals surface area contributed by atoms with E-state index in [2.05, 4.69) is 20.5 Å². The zero-order valence-corrected chi connectivity index (χ0v) is 11.8. The minimum atomic E-state index is -0.405. The largest absolute Gasteiger partial charge is 0.392 e. The van der Waals surface area contributed by atoms with Crippen molar-refractivity contribution in [3.8, 4) is 0 Å². The first-order valence-corrected chi connectivity index (χ1v) is 6.35. The Morgan fingerprint density at radius 2 is 2.05 bits per heavy atom. The molecule has 0 aliphatic heterocycles. The molecule has 1 aromatic carbocycles. The first-order chi connectivity index (χ1) is 9.41. The number of H-pyrrole nitrogens is 1. The molecule has 2 rings (SSSR count). The summed E-state index contributed by atoms with van der Waals surface area (Å²) in [5, 5.41) is 18.6. The summed E-state index contributed by atoms with van der Waals surface area (Å²) in [4.78, 5) is 16.3. The van der Waals surface area contributed by atoms with Gasteiger partial charge in [-0.25, -0.2) is 4.98 Å². The van der Waals surface area contributed by atoms with Gasteiger partial charge in [0, 0.05) is 16.7 Å². The van der Waals surface area contributed by atoms with Gasteiger partial charge in [-0.3, -0.25) is 9.89 Å². The molecule has 0 spiro atoms. The molecule has 6 nitrogen and oxygen atoms in total. The van der Waals surface area contributed by atoms with Crippen molar-refractivity contribution in [1.29, 1.82) is 0 Å². The van der Waals surface area contributed by atoms with Crippen molar-refractivity contribution in [2.75, 3.05) is 5.32 Å². The molecule has 106 valence electrons. The monoisotopic (exact) mass is 274 g/mol. The Balaban J connectivity index is 2.18. The number of nitrogens with zero attached hydrogens (tertiary/aromatic N) is 2. The maximum absolute atomic E-state index is 12.1. The minimum absolute atomic E-state index is 0.0858. The zero-order valence-electron chi connectivity index (χ0n) is 11.8. The second-order valence-electron chi connectivity index (χ2n) is 5.53. The fourth-order valence-corrected chi connectivity index (χ4v) is 1.66. The van der Waals surface area contributed by atoms with Crippen molar-refractivity contribution in [1.82, 2.24) is 15.2 Å². The van der Waals surface area contributed by atoms with Gasteiger partial charge in [-0.05, 0) is 6.07 Å². The first kappa shape index (κ1) is 14.2. The van der Waals surface area contributed by atoms with E-state index in [9.17, 15) is 9.90 Å². The second-order valence-corrected chi connectivity index (χ2v) is 5.53. The van der Waals surface area contributed by atoms with Gasteiger partial charge in [0.25, 0.3) is 5.91 Å². The summed E-state index contributed by atoms with van der Waals surface area (Å²) in [7, 11) is 0. The summed E-state index contributed by atoms with van der Waals surface area (Å²) in [5.74, 6) is 0.332. The summed E-state index contributed by atoms with van der Waals surface area (Å²) >= 11 is 0. The summed E-state index contributed by atoms with van der Waals surface area (Å²) in [6.07, 6.45) is 0. The maximum atomic E-state index is 12.1. The molecule has 2 aromatic rings. The number of para-hydroxylation sites is 1. The Morgan fingerprint density at radius 3 is 2.65 bits per heavy atom. The van der Waals surface area contributed by atoms with Gasteiger partial charge in [-0.15, -0.1) is 5.10 Å². The first-order valence-electron chi connectivity index (χ1n) is 6.35. The van der Waals surface area contributed by atoms with Crippen LogP contribution in [0, 0.1) is 0 Å². The van der Waals surface area contributed by atoms with Crippen molar-refractivity contribution in [3.63, 3.8) is 0 Å². The molecular formula is C14H18N4O2. The Hall–Kier alpha value is -2.21.